The summed E-state index contributed by atoms with van der Waals surface area (Å²) in [6.45, 7) is 13.0. The topological polar surface area (TPSA) is 41.6 Å². The molecule has 0 aromatic carbocycles. The van der Waals surface area contributed by atoms with Crippen LogP contribution in [-0.4, -0.2) is 48.2 Å². The lowest BCUT2D eigenvalue weighted by Crippen LogP contribution is -2.53. The second-order valence-electron chi connectivity index (χ2n) is 6.05. The minimum Gasteiger partial charge on any atom is -0.465 e. The molecule has 4 heteroatoms. The first-order valence-electron chi connectivity index (χ1n) is 8.18. The van der Waals surface area contributed by atoms with Gasteiger partial charge in [0.05, 0.1) is 6.61 Å². The molecule has 118 valence electrons. The number of rotatable bonds is 8. The van der Waals surface area contributed by atoms with Crippen molar-refractivity contribution in [2.45, 2.75) is 77.9 Å². The van der Waals surface area contributed by atoms with Gasteiger partial charge in [0.25, 0.3) is 0 Å². The third-order valence-corrected chi connectivity index (χ3v) is 4.37. The zero-order valence-corrected chi connectivity index (χ0v) is 13.9. The average Bonchev–Trinajstić information content (AvgIpc) is 2.83. The molecule has 2 unspecified atom stereocenters. The summed E-state index contributed by atoms with van der Waals surface area (Å²) < 4.78 is 5.33. The van der Waals surface area contributed by atoms with Crippen molar-refractivity contribution < 1.29 is 9.53 Å². The van der Waals surface area contributed by atoms with E-state index in [1.54, 1.807) is 0 Å². The maximum Gasteiger partial charge on any atom is 0.326 e. The molecular formula is C16H32N2O2. The second-order valence-corrected chi connectivity index (χ2v) is 6.05. The summed E-state index contributed by atoms with van der Waals surface area (Å²) in [7, 11) is 0. The van der Waals surface area contributed by atoms with E-state index >= 15 is 0 Å². The molecule has 0 radical (unpaired) electrons. The molecule has 1 fully saturated rings. The zero-order chi connectivity index (χ0) is 15.2. The lowest BCUT2D eigenvalue weighted by Gasteiger charge is -2.33. The van der Waals surface area contributed by atoms with Gasteiger partial charge in [-0.25, -0.2) is 0 Å². The summed E-state index contributed by atoms with van der Waals surface area (Å²) in [5.74, 6) is -0.0595. The third kappa shape index (κ3) is 3.95. The molecule has 20 heavy (non-hydrogen) atoms. The Balaban J connectivity index is 2.80. The monoisotopic (exact) mass is 284 g/mol. The number of esters is 1. The van der Waals surface area contributed by atoms with Crippen molar-refractivity contribution in [2.24, 2.45) is 0 Å². The van der Waals surface area contributed by atoms with E-state index in [1.807, 2.05) is 6.92 Å². The highest BCUT2D eigenvalue weighted by Crippen LogP contribution is 2.35. The molecule has 1 saturated carbocycles. The number of nitrogens with one attached hydrogen (secondary N) is 1. The van der Waals surface area contributed by atoms with Gasteiger partial charge in [0.2, 0.25) is 0 Å². The molecule has 0 saturated heterocycles. The second kappa shape index (κ2) is 7.99. The number of carbonyl (C=O) groups excluding carboxylic acids is 1. The molecule has 0 amide bonds. The van der Waals surface area contributed by atoms with Crippen LogP contribution in [0.1, 0.15) is 60.3 Å². The number of nitrogens with zero attached hydrogens (tertiary/aromatic N) is 1. The summed E-state index contributed by atoms with van der Waals surface area (Å²) in [6, 6.07) is 1.00. The Labute approximate surface area is 124 Å². The molecule has 0 spiro atoms. The number of hydrogen-bond acceptors (Lipinski definition) is 4. The van der Waals surface area contributed by atoms with Crippen LogP contribution in [0.3, 0.4) is 0 Å². The first-order chi connectivity index (χ1) is 9.50. The van der Waals surface area contributed by atoms with Gasteiger partial charge >= 0.3 is 5.97 Å². The van der Waals surface area contributed by atoms with Crippen LogP contribution in [0.2, 0.25) is 0 Å². The van der Waals surface area contributed by atoms with Gasteiger partial charge in [0.1, 0.15) is 5.54 Å². The fraction of sp³-hybridized carbons (Fsp3) is 0.938. The number of ether oxygens (including phenoxy) is 1. The standard InChI is InChI=1S/C16H32N2O2/c1-6-11-17-16(15(19)20-8-3)10-9-14(12-16)18(7-2)13(4)5/h13-14,17H,6-12H2,1-5H3. The first-order valence-corrected chi connectivity index (χ1v) is 8.18. The molecule has 0 aromatic rings. The van der Waals surface area contributed by atoms with Crippen molar-refractivity contribution in [3.05, 3.63) is 0 Å². The minimum absolute atomic E-state index is 0.0595. The lowest BCUT2D eigenvalue weighted by atomic mass is 9.96. The predicted molar refractivity (Wildman–Crippen MR) is 82.8 cm³/mol. The molecule has 1 aliphatic carbocycles. The molecule has 1 rings (SSSR count). The molecule has 1 N–H and O–H groups in total. The van der Waals surface area contributed by atoms with E-state index in [0.29, 0.717) is 18.7 Å². The summed E-state index contributed by atoms with van der Waals surface area (Å²) >= 11 is 0. The SMILES string of the molecule is CCCNC1(C(=O)OCC)CCC(N(CC)C(C)C)C1. The van der Waals surface area contributed by atoms with Crippen LogP contribution in [-0.2, 0) is 9.53 Å². The molecular weight excluding hydrogens is 252 g/mol. The van der Waals surface area contributed by atoms with Crippen molar-refractivity contribution in [3.8, 4) is 0 Å². The van der Waals surface area contributed by atoms with E-state index in [9.17, 15) is 4.79 Å². The van der Waals surface area contributed by atoms with E-state index in [-0.39, 0.29) is 5.97 Å². The number of carbonyl (C=O) groups is 1. The van der Waals surface area contributed by atoms with E-state index in [0.717, 1.165) is 38.8 Å². The van der Waals surface area contributed by atoms with Crippen LogP contribution in [0.15, 0.2) is 0 Å². The van der Waals surface area contributed by atoms with Crippen LogP contribution in [0.25, 0.3) is 0 Å². The van der Waals surface area contributed by atoms with Crippen LogP contribution in [0.4, 0.5) is 0 Å². The van der Waals surface area contributed by atoms with Crippen LogP contribution >= 0.6 is 0 Å². The Morgan fingerprint density at radius 1 is 1.40 bits per heavy atom. The first kappa shape index (κ1) is 17.4. The normalized spacial score (nSPS) is 26.4. The minimum atomic E-state index is -0.459. The van der Waals surface area contributed by atoms with Gasteiger partial charge in [-0.2, -0.15) is 0 Å². The fourth-order valence-corrected chi connectivity index (χ4v) is 3.40. The van der Waals surface area contributed by atoms with E-state index < -0.39 is 5.54 Å². The molecule has 0 heterocycles. The Morgan fingerprint density at radius 2 is 2.10 bits per heavy atom. The summed E-state index contributed by atoms with van der Waals surface area (Å²) in [5.41, 5.74) is -0.459. The van der Waals surface area contributed by atoms with Gasteiger partial charge in [0, 0.05) is 12.1 Å². The van der Waals surface area contributed by atoms with Crippen molar-refractivity contribution in [1.29, 1.82) is 0 Å². The highest BCUT2D eigenvalue weighted by atomic mass is 16.5. The average molecular weight is 284 g/mol. The maximum absolute atomic E-state index is 12.4. The maximum atomic E-state index is 12.4. The summed E-state index contributed by atoms with van der Waals surface area (Å²) in [6.07, 6.45) is 3.87. The zero-order valence-electron chi connectivity index (χ0n) is 13.9. The van der Waals surface area contributed by atoms with E-state index in [2.05, 4.69) is 37.9 Å². The van der Waals surface area contributed by atoms with Crippen molar-refractivity contribution in [1.82, 2.24) is 10.2 Å². The van der Waals surface area contributed by atoms with Gasteiger partial charge in [-0.05, 0) is 59.5 Å². The Morgan fingerprint density at radius 3 is 2.60 bits per heavy atom. The Hall–Kier alpha value is -0.610. The lowest BCUT2D eigenvalue weighted by molar-refractivity contribution is -0.151. The van der Waals surface area contributed by atoms with Crippen molar-refractivity contribution in [2.75, 3.05) is 19.7 Å². The Bertz CT molecular complexity index is 307. The molecule has 0 aliphatic heterocycles. The van der Waals surface area contributed by atoms with Gasteiger partial charge in [-0.15, -0.1) is 0 Å². The fourth-order valence-electron chi connectivity index (χ4n) is 3.40. The smallest absolute Gasteiger partial charge is 0.326 e. The van der Waals surface area contributed by atoms with E-state index in [1.165, 1.54) is 0 Å². The van der Waals surface area contributed by atoms with Crippen LogP contribution in [0.5, 0.6) is 0 Å². The predicted octanol–water partition coefficient (Wildman–Crippen LogP) is 2.57. The molecule has 0 bridgehead atoms. The quantitative estimate of drug-likeness (QED) is 0.696. The summed E-state index contributed by atoms with van der Waals surface area (Å²) in [4.78, 5) is 14.9. The highest BCUT2D eigenvalue weighted by Gasteiger charge is 2.47. The van der Waals surface area contributed by atoms with Gasteiger partial charge < -0.3 is 10.1 Å². The number of hydrogen-bond donors (Lipinski definition) is 1. The molecule has 0 aromatic heterocycles. The van der Waals surface area contributed by atoms with Crippen molar-refractivity contribution >= 4 is 5.97 Å². The van der Waals surface area contributed by atoms with Crippen molar-refractivity contribution in [3.63, 3.8) is 0 Å². The molecule has 1 aliphatic rings. The Kier molecular flexibility index (Phi) is 6.96. The van der Waals surface area contributed by atoms with Gasteiger partial charge in [-0.3, -0.25) is 9.69 Å². The largest absolute Gasteiger partial charge is 0.465 e. The van der Waals surface area contributed by atoms with E-state index in [4.69, 9.17) is 4.74 Å². The summed E-state index contributed by atoms with van der Waals surface area (Å²) in [5, 5.41) is 3.48. The third-order valence-electron chi connectivity index (χ3n) is 4.37. The van der Waals surface area contributed by atoms with Crippen LogP contribution in [0, 0.1) is 0 Å². The van der Waals surface area contributed by atoms with Gasteiger partial charge in [0.15, 0.2) is 0 Å². The molecule has 4 nitrogen and oxygen atoms in total. The molecule has 2 atom stereocenters. The van der Waals surface area contributed by atoms with Gasteiger partial charge in [-0.1, -0.05) is 13.8 Å². The van der Waals surface area contributed by atoms with Crippen LogP contribution < -0.4 is 5.32 Å². The highest BCUT2D eigenvalue weighted by molar-refractivity contribution is 5.81.